The molecular weight excluding hydrogens is 727 g/mol. The lowest BCUT2D eigenvalue weighted by atomic mass is 9.91. The predicted octanol–water partition coefficient (Wildman–Crippen LogP) is 16.5. The predicted molar refractivity (Wildman–Crippen MR) is 253 cm³/mol. The fraction of sp³-hybridized carbons (Fsp3) is 0. The van der Waals surface area contributed by atoms with Crippen molar-refractivity contribution in [1.29, 1.82) is 0 Å². The molecule has 0 N–H and O–H groups in total. The Morgan fingerprint density at radius 2 is 0.650 bits per heavy atom. The number of furan rings is 1. The van der Waals surface area contributed by atoms with Crippen LogP contribution >= 0.6 is 0 Å². The van der Waals surface area contributed by atoms with Crippen LogP contribution in [0.1, 0.15) is 0 Å². The second-order valence-corrected chi connectivity index (χ2v) is 15.3. The topological polar surface area (TPSA) is 16.4 Å². The smallest absolute Gasteiger partial charge is 0.143 e. The van der Waals surface area contributed by atoms with Gasteiger partial charge in [0.05, 0.1) is 0 Å². The molecule has 0 aliphatic heterocycles. The summed E-state index contributed by atoms with van der Waals surface area (Å²) in [7, 11) is 0. The molecule has 0 radical (unpaired) electrons. The second-order valence-electron chi connectivity index (χ2n) is 15.3. The first-order valence-electron chi connectivity index (χ1n) is 20.5. The lowest BCUT2D eigenvalue weighted by molar-refractivity contribution is 0.673. The van der Waals surface area contributed by atoms with Crippen molar-refractivity contribution < 1.29 is 4.42 Å². The molecule has 11 rings (SSSR count). The monoisotopic (exact) mass is 765 g/mol. The van der Waals surface area contributed by atoms with Gasteiger partial charge in [-0.2, -0.15) is 0 Å². The Labute approximate surface area is 349 Å². The summed E-state index contributed by atoms with van der Waals surface area (Å²) in [5.41, 5.74) is 16.7. The Morgan fingerprint density at radius 3 is 1.13 bits per heavy atom. The Hall–Kier alpha value is -7.94. The van der Waals surface area contributed by atoms with Crippen molar-refractivity contribution >= 4 is 49.8 Å². The first-order chi connectivity index (χ1) is 29.7. The van der Waals surface area contributed by atoms with Crippen molar-refractivity contribution in [1.82, 2.24) is 0 Å². The van der Waals surface area contributed by atoms with Crippen LogP contribution in [0.15, 0.2) is 241 Å². The van der Waals surface area contributed by atoms with Crippen molar-refractivity contribution in [3.8, 4) is 55.6 Å². The highest BCUT2D eigenvalue weighted by molar-refractivity contribution is 6.22. The number of anilines is 3. The summed E-state index contributed by atoms with van der Waals surface area (Å²) in [6.45, 7) is 0. The van der Waals surface area contributed by atoms with Crippen LogP contribution in [0.3, 0.4) is 0 Å². The van der Waals surface area contributed by atoms with Crippen LogP contribution in [0.5, 0.6) is 0 Å². The fourth-order valence-corrected chi connectivity index (χ4v) is 8.71. The minimum atomic E-state index is 0.874. The van der Waals surface area contributed by atoms with Crippen LogP contribution in [0.2, 0.25) is 0 Å². The van der Waals surface area contributed by atoms with Gasteiger partial charge in [0, 0.05) is 33.2 Å². The molecule has 0 fully saturated rings. The second kappa shape index (κ2) is 15.1. The van der Waals surface area contributed by atoms with Gasteiger partial charge in [0.1, 0.15) is 11.2 Å². The van der Waals surface area contributed by atoms with E-state index >= 15 is 0 Å². The summed E-state index contributed by atoms with van der Waals surface area (Å²) in [5, 5.41) is 4.55. The summed E-state index contributed by atoms with van der Waals surface area (Å²) in [4.78, 5) is 2.33. The number of benzene rings is 10. The van der Waals surface area contributed by atoms with E-state index in [1.165, 1.54) is 38.8 Å². The molecule has 2 nitrogen and oxygen atoms in total. The maximum Gasteiger partial charge on any atom is 0.143 e. The third-order valence-electron chi connectivity index (χ3n) is 11.7. The van der Waals surface area contributed by atoms with Crippen LogP contribution < -0.4 is 4.90 Å². The SMILES string of the molecule is c1ccc(-c2ccc(N(c3ccc(-c4ccccc4)cc3)c3ccc(-c4cc(-c5ccccc5)c5c(c4)oc4c6ccccc6c(-c6ccccc6)cc45)cc3)cc2)cc1. The molecular formula is C58H39NO. The normalized spacial score (nSPS) is 11.3. The third-order valence-corrected chi connectivity index (χ3v) is 11.7. The van der Waals surface area contributed by atoms with E-state index in [0.717, 1.165) is 66.6 Å². The van der Waals surface area contributed by atoms with E-state index in [1.54, 1.807) is 0 Å². The molecule has 10 aromatic carbocycles. The maximum atomic E-state index is 6.93. The highest BCUT2D eigenvalue weighted by Crippen LogP contribution is 2.45. The van der Waals surface area contributed by atoms with Gasteiger partial charge in [-0.25, -0.2) is 0 Å². The van der Waals surface area contributed by atoms with Crippen LogP contribution in [-0.2, 0) is 0 Å². The minimum Gasteiger partial charge on any atom is -0.455 e. The molecule has 282 valence electrons. The molecule has 0 saturated heterocycles. The molecule has 11 aromatic rings. The van der Waals surface area contributed by atoms with E-state index < -0.39 is 0 Å². The highest BCUT2D eigenvalue weighted by Gasteiger charge is 2.20. The number of fused-ring (bicyclic) bond motifs is 5. The van der Waals surface area contributed by atoms with Gasteiger partial charge in [-0.15, -0.1) is 0 Å². The zero-order chi connectivity index (χ0) is 39.8. The number of rotatable bonds is 8. The van der Waals surface area contributed by atoms with Gasteiger partial charge < -0.3 is 9.32 Å². The van der Waals surface area contributed by atoms with E-state index in [-0.39, 0.29) is 0 Å². The average Bonchev–Trinajstić information content (AvgIpc) is 3.72. The van der Waals surface area contributed by atoms with Gasteiger partial charge >= 0.3 is 0 Å². The summed E-state index contributed by atoms with van der Waals surface area (Å²) in [6.07, 6.45) is 0. The zero-order valence-electron chi connectivity index (χ0n) is 32.9. The molecule has 0 spiro atoms. The van der Waals surface area contributed by atoms with Crippen molar-refractivity contribution in [2.45, 2.75) is 0 Å². The van der Waals surface area contributed by atoms with Gasteiger partial charge in [0.25, 0.3) is 0 Å². The van der Waals surface area contributed by atoms with Gasteiger partial charge in [-0.1, -0.05) is 182 Å². The zero-order valence-corrected chi connectivity index (χ0v) is 32.9. The largest absolute Gasteiger partial charge is 0.455 e. The summed E-state index contributed by atoms with van der Waals surface area (Å²) >= 11 is 0. The molecule has 0 amide bonds. The Bertz CT molecular complexity index is 3160. The summed E-state index contributed by atoms with van der Waals surface area (Å²) in [5.74, 6) is 0. The van der Waals surface area contributed by atoms with E-state index in [9.17, 15) is 0 Å². The van der Waals surface area contributed by atoms with E-state index in [4.69, 9.17) is 4.42 Å². The lowest BCUT2D eigenvalue weighted by Gasteiger charge is -2.26. The first kappa shape index (κ1) is 35.2. The van der Waals surface area contributed by atoms with Crippen molar-refractivity contribution in [2.75, 3.05) is 4.90 Å². The molecule has 0 atom stereocenters. The number of hydrogen-bond donors (Lipinski definition) is 0. The fourth-order valence-electron chi connectivity index (χ4n) is 8.71. The highest BCUT2D eigenvalue weighted by atomic mass is 16.3. The van der Waals surface area contributed by atoms with E-state index in [2.05, 4.69) is 241 Å². The molecule has 1 aromatic heterocycles. The lowest BCUT2D eigenvalue weighted by Crippen LogP contribution is -2.09. The first-order valence-corrected chi connectivity index (χ1v) is 20.5. The van der Waals surface area contributed by atoms with Crippen molar-refractivity contribution in [3.05, 3.63) is 237 Å². The van der Waals surface area contributed by atoms with E-state index in [0.29, 0.717) is 0 Å². The number of nitrogens with zero attached hydrogens (tertiary/aromatic N) is 1. The molecule has 1 heterocycles. The Kier molecular flexibility index (Phi) is 8.87. The van der Waals surface area contributed by atoms with Gasteiger partial charge in [0.2, 0.25) is 0 Å². The Morgan fingerprint density at radius 1 is 0.267 bits per heavy atom. The quantitative estimate of drug-likeness (QED) is 0.153. The Balaban J connectivity index is 1.04. The van der Waals surface area contributed by atoms with Crippen LogP contribution in [0, 0.1) is 0 Å². The van der Waals surface area contributed by atoms with Crippen LogP contribution in [0.4, 0.5) is 17.1 Å². The molecule has 0 unspecified atom stereocenters. The summed E-state index contributed by atoms with van der Waals surface area (Å²) in [6, 6.07) is 84.6. The molecule has 0 bridgehead atoms. The van der Waals surface area contributed by atoms with Gasteiger partial charge in [-0.05, 0) is 116 Å². The average molecular weight is 766 g/mol. The van der Waals surface area contributed by atoms with Gasteiger partial charge in [0.15, 0.2) is 0 Å². The van der Waals surface area contributed by atoms with Gasteiger partial charge in [-0.3, -0.25) is 0 Å². The third kappa shape index (κ3) is 6.41. The van der Waals surface area contributed by atoms with Crippen molar-refractivity contribution in [2.24, 2.45) is 0 Å². The molecule has 0 aliphatic rings. The van der Waals surface area contributed by atoms with Crippen LogP contribution in [0.25, 0.3) is 88.3 Å². The number of hydrogen-bond acceptors (Lipinski definition) is 2. The molecule has 0 saturated carbocycles. The minimum absolute atomic E-state index is 0.874. The summed E-state index contributed by atoms with van der Waals surface area (Å²) < 4.78 is 6.93. The molecule has 60 heavy (non-hydrogen) atoms. The molecule has 2 heteroatoms. The van der Waals surface area contributed by atoms with E-state index in [1.807, 2.05) is 0 Å². The molecule has 0 aliphatic carbocycles. The van der Waals surface area contributed by atoms with Crippen molar-refractivity contribution in [3.63, 3.8) is 0 Å². The maximum absolute atomic E-state index is 6.93. The standard InChI is InChI=1S/C58H39NO/c1-5-15-40(16-6-1)42-25-31-48(32-26-42)59(49-33-27-43(28-34-49)41-17-7-2-8-18-41)50-35-29-44(30-36-50)47-37-54(46-21-11-4-12-22-46)57-55-39-53(45-19-9-3-10-20-45)51-23-13-14-24-52(51)58(55)60-56(57)38-47/h1-39H. The van der Waals surface area contributed by atoms with Crippen LogP contribution in [-0.4, -0.2) is 0 Å².